The molecule has 0 atom stereocenters. The predicted octanol–water partition coefficient (Wildman–Crippen LogP) is 3.77. The summed E-state index contributed by atoms with van der Waals surface area (Å²) < 4.78 is 5.13. The smallest absolute Gasteiger partial charge is 0.159 e. The number of ketones is 1. The quantitative estimate of drug-likeness (QED) is 0.516. The third-order valence-electron chi connectivity index (χ3n) is 2.97. The van der Waals surface area contributed by atoms with Crippen LogP contribution in [-0.4, -0.2) is 12.9 Å². The van der Waals surface area contributed by atoms with Gasteiger partial charge in [0.1, 0.15) is 5.75 Å². The van der Waals surface area contributed by atoms with Crippen molar-refractivity contribution in [3.05, 3.63) is 53.6 Å². The zero-order valence-corrected chi connectivity index (χ0v) is 12.4. The van der Waals surface area contributed by atoms with Crippen molar-refractivity contribution in [3.63, 3.8) is 0 Å². The minimum atomic E-state index is 0.0309. The van der Waals surface area contributed by atoms with Crippen LogP contribution in [0.1, 0.15) is 22.8 Å². The van der Waals surface area contributed by atoms with E-state index in [0.29, 0.717) is 11.3 Å². The summed E-state index contributed by atoms with van der Waals surface area (Å²) in [4.78, 5) is 12.3. The van der Waals surface area contributed by atoms with E-state index < -0.39 is 0 Å². The third-order valence-corrected chi connectivity index (χ3v) is 4.13. The predicted molar refractivity (Wildman–Crippen MR) is 83.4 cm³/mol. The molecule has 104 valence electrons. The molecule has 2 rings (SSSR count). The summed E-state index contributed by atoms with van der Waals surface area (Å²) in [5.74, 6) is 1.71. The van der Waals surface area contributed by atoms with E-state index in [1.807, 2.05) is 36.4 Å². The van der Waals surface area contributed by atoms with Gasteiger partial charge in [0, 0.05) is 21.9 Å². The SMILES string of the molecule is COc1ccc(CSc2ccc(C(C)=O)cc2N)cc1. The summed E-state index contributed by atoms with van der Waals surface area (Å²) in [6, 6.07) is 13.4. The summed E-state index contributed by atoms with van der Waals surface area (Å²) in [5.41, 5.74) is 8.47. The Morgan fingerprint density at radius 3 is 2.45 bits per heavy atom. The maximum atomic E-state index is 11.3. The number of carbonyl (C=O) groups excluding carboxylic acids is 1. The van der Waals surface area contributed by atoms with Crippen LogP contribution in [0.4, 0.5) is 5.69 Å². The second kappa shape index (κ2) is 6.48. The number of Topliss-reactive ketones (excluding diaryl/α,β-unsaturated/α-hetero) is 1. The molecule has 0 fully saturated rings. The van der Waals surface area contributed by atoms with Crippen molar-refractivity contribution in [2.24, 2.45) is 0 Å². The number of rotatable bonds is 5. The number of methoxy groups -OCH3 is 1. The molecule has 0 radical (unpaired) electrons. The zero-order chi connectivity index (χ0) is 14.5. The number of anilines is 1. The van der Waals surface area contributed by atoms with Gasteiger partial charge in [-0.2, -0.15) is 0 Å². The first-order chi connectivity index (χ1) is 9.60. The lowest BCUT2D eigenvalue weighted by molar-refractivity contribution is 0.101. The molecule has 2 aromatic carbocycles. The van der Waals surface area contributed by atoms with Crippen LogP contribution in [0.2, 0.25) is 0 Å². The average molecular weight is 287 g/mol. The number of hydrogen-bond donors (Lipinski definition) is 1. The van der Waals surface area contributed by atoms with Crippen LogP contribution in [0.3, 0.4) is 0 Å². The first kappa shape index (κ1) is 14.5. The van der Waals surface area contributed by atoms with E-state index in [1.165, 1.54) is 5.56 Å². The van der Waals surface area contributed by atoms with Crippen molar-refractivity contribution in [1.29, 1.82) is 0 Å². The fourth-order valence-corrected chi connectivity index (χ4v) is 2.69. The molecule has 0 unspecified atom stereocenters. The van der Waals surface area contributed by atoms with Crippen LogP contribution in [0.15, 0.2) is 47.4 Å². The van der Waals surface area contributed by atoms with Gasteiger partial charge in [0.15, 0.2) is 5.78 Å². The summed E-state index contributed by atoms with van der Waals surface area (Å²) >= 11 is 1.66. The van der Waals surface area contributed by atoms with Crippen LogP contribution in [-0.2, 0) is 5.75 Å². The van der Waals surface area contributed by atoms with Crippen LogP contribution in [0.5, 0.6) is 5.75 Å². The largest absolute Gasteiger partial charge is 0.497 e. The number of carbonyl (C=O) groups is 1. The van der Waals surface area contributed by atoms with E-state index in [0.717, 1.165) is 16.4 Å². The molecular formula is C16H17NO2S. The normalized spacial score (nSPS) is 10.3. The number of benzene rings is 2. The molecule has 0 saturated carbocycles. The van der Waals surface area contributed by atoms with Crippen molar-refractivity contribution < 1.29 is 9.53 Å². The Bertz CT molecular complexity index is 608. The number of ether oxygens (including phenoxy) is 1. The molecule has 2 aromatic rings. The molecule has 0 saturated heterocycles. The van der Waals surface area contributed by atoms with E-state index in [9.17, 15) is 4.79 Å². The lowest BCUT2D eigenvalue weighted by atomic mass is 10.1. The Morgan fingerprint density at radius 1 is 1.20 bits per heavy atom. The number of hydrogen-bond acceptors (Lipinski definition) is 4. The van der Waals surface area contributed by atoms with E-state index in [1.54, 1.807) is 31.9 Å². The highest BCUT2D eigenvalue weighted by molar-refractivity contribution is 7.98. The first-order valence-corrected chi connectivity index (χ1v) is 7.25. The van der Waals surface area contributed by atoms with E-state index in [-0.39, 0.29) is 5.78 Å². The first-order valence-electron chi connectivity index (χ1n) is 6.26. The Kier molecular flexibility index (Phi) is 4.69. The van der Waals surface area contributed by atoms with Gasteiger partial charge >= 0.3 is 0 Å². The molecule has 0 aliphatic rings. The highest BCUT2D eigenvalue weighted by Gasteiger charge is 2.05. The molecule has 0 amide bonds. The second-order valence-corrected chi connectivity index (χ2v) is 5.46. The molecule has 0 aliphatic heterocycles. The van der Waals surface area contributed by atoms with Crippen LogP contribution < -0.4 is 10.5 Å². The minimum Gasteiger partial charge on any atom is -0.497 e. The monoisotopic (exact) mass is 287 g/mol. The summed E-state index contributed by atoms with van der Waals surface area (Å²) in [6.07, 6.45) is 0. The fourth-order valence-electron chi connectivity index (χ4n) is 1.78. The molecule has 4 heteroatoms. The van der Waals surface area contributed by atoms with Crippen LogP contribution in [0.25, 0.3) is 0 Å². The molecule has 0 bridgehead atoms. The van der Waals surface area contributed by atoms with Crippen molar-refractivity contribution >= 4 is 23.2 Å². The van der Waals surface area contributed by atoms with Crippen molar-refractivity contribution in [3.8, 4) is 5.75 Å². The molecule has 3 nitrogen and oxygen atoms in total. The van der Waals surface area contributed by atoms with E-state index >= 15 is 0 Å². The average Bonchev–Trinajstić information content (AvgIpc) is 2.46. The van der Waals surface area contributed by atoms with E-state index in [2.05, 4.69) is 0 Å². The summed E-state index contributed by atoms with van der Waals surface area (Å²) in [7, 11) is 1.65. The van der Waals surface area contributed by atoms with Gasteiger partial charge in [-0.05, 0) is 36.8 Å². The number of nitrogens with two attached hydrogens (primary N) is 1. The standard InChI is InChI=1S/C16H17NO2S/c1-11(18)13-5-8-16(15(17)9-13)20-10-12-3-6-14(19-2)7-4-12/h3-9H,10,17H2,1-2H3. The van der Waals surface area contributed by atoms with Gasteiger partial charge in [-0.25, -0.2) is 0 Å². The second-order valence-electron chi connectivity index (χ2n) is 4.45. The molecule has 20 heavy (non-hydrogen) atoms. The number of thioether (sulfide) groups is 1. The number of nitrogen functional groups attached to an aromatic ring is 1. The van der Waals surface area contributed by atoms with Crippen LogP contribution >= 0.6 is 11.8 Å². The maximum Gasteiger partial charge on any atom is 0.159 e. The third kappa shape index (κ3) is 3.54. The zero-order valence-electron chi connectivity index (χ0n) is 11.6. The molecule has 0 aliphatic carbocycles. The van der Waals surface area contributed by atoms with Crippen LogP contribution in [0, 0.1) is 0 Å². The fraction of sp³-hybridized carbons (Fsp3) is 0.188. The highest BCUT2D eigenvalue weighted by Crippen LogP contribution is 2.29. The van der Waals surface area contributed by atoms with Gasteiger partial charge in [-0.15, -0.1) is 11.8 Å². The van der Waals surface area contributed by atoms with Gasteiger partial charge in [0.2, 0.25) is 0 Å². The molecule has 0 aromatic heterocycles. The van der Waals surface area contributed by atoms with E-state index in [4.69, 9.17) is 10.5 Å². The summed E-state index contributed by atoms with van der Waals surface area (Å²) in [5, 5.41) is 0. The maximum absolute atomic E-state index is 11.3. The Balaban J connectivity index is 2.04. The molecule has 2 N–H and O–H groups in total. The highest BCUT2D eigenvalue weighted by atomic mass is 32.2. The minimum absolute atomic E-state index is 0.0309. The summed E-state index contributed by atoms with van der Waals surface area (Å²) in [6.45, 7) is 1.54. The van der Waals surface area contributed by atoms with Crippen molar-refractivity contribution in [1.82, 2.24) is 0 Å². The van der Waals surface area contributed by atoms with Gasteiger partial charge < -0.3 is 10.5 Å². The Labute approximate surface area is 123 Å². The molecule has 0 heterocycles. The lowest BCUT2D eigenvalue weighted by Gasteiger charge is -2.07. The van der Waals surface area contributed by atoms with Crippen molar-refractivity contribution in [2.45, 2.75) is 17.6 Å². The van der Waals surface area contributed by atoms with Gasteiger partial charge in [0.25, 0.3) is 0 Å². The van der Waals surface area contributed by atoms with Gasteiger partial charge in [-0.1, -0.05) is 18.2 Å². The molecular weight excluding hydrogens is 270 g/mol. The molecule has 0 spiro atoms. The Morgan fingerprint density at radius 2 is 1.90 bits per heavy atom. The van der Waals surface area contributed by atoms with Gasteiger partial charge in [-0.3, -0.25) is 4.79 Å². The van der Waals surface area contributed by atoms with Crippen molar-refractivity contribution in [2.75, 3.05) is 12.8 Å². The topological polar surface area (TPSA) is 52.3 Å². The van der Waals surface area contributed by atoms with Gasteiger partial charge in [0.05, 0.1) is 7.11 Å². The lowest BCUT2D eigenvalue weighted by Crippen LogP contribution is -1.96. The Hall–Kier alpha value is -1.94.